The first kappa shape index (κ1) is 17.3. The third-order valence-electron chi connectivity index (χ3n) is 4.38. The number of piperidine rings is 1. The van der Waals surface area contributed by atoms with Gasteiger partial charge < -0.3 is 0 Å². The molecule has 1 heterocycles. The van der Waals surface area contributed by atoms with Gasteiger partial charge in [0.1, 0.15) is 11.9 Å². The van der Waals surface area contributed by atoms with Gasteiger partial charge in [-0.05, 0) is 49.2 Å². The molecule has 0 aromatic heterocycles. The fourth-order valence-corrected chi connectivity index (χ4v) is 3.12. The molecule has 5 heteroatoms. The largest absolute Gasteiger partial charge is 0.288 e. The Labute approximate surface area is 147 Å². The SMILES string of the molecule is O=C(N/N=C\c1ccc(F)cc1)[C@@H](c1ccccc1)N1CCCCC1. The van der Waals surface area contributed by atoms with E-state index < -0.39 is 0 Å². The lowest BCUT2D eigenvalue weighted by Gasteiger charge is -2.33. The number of amides is 1. The summed E-state index contributed by atoms with van der Waals surface area (Å²) in [5.41, 5.74) is 4.34. The number of benzene rings is 2. The summed E-state index contributed by atoms with van der Waals surface area (Å²) in [7, 11) is 0. The van der Waals surface area contributed by atoms with Crippen LogP contribution in [0.1, 0.15) is 36.4 Å². The van der Waals surface area contributed by atoms with Crippen molar-refractivity contribution in [2.75, 3.05) is 13.1 Å². The van der Waals surface area contributed by atoms with Crippen molar-refractivity contribution in [3.8, 4) is 0 Å². The van der Waals surface area contributed by atoms with Crippen LogP contribution < -0.4 is 5.43 Å². The summed E-state index contributed by atoms with van der Waals surface area (Å²) >= 11 is 0. The minimum Gasteiger partial charge on any atom is -0.288 e. The maximum absolute atomic E-state index is 12.9. The van der Waals surface area contributed by atoms with Crippen LogP contribution in [-0.2, 0) is 4.79 Å². The summed E-state index contributed by atoms with van der Waals surface area (Å²) in [4.78, 5) is 15.0. The van der Waals surface area contributed by atoms with Gasteiger partial charge in [-0.25, -0.2) is 9.82 Å². The highest BCUT2D eigenvalue weighted by Gasteiger charge is 2.28. The summed E-state index contributed by atoms with van der Waals surface area (Å²) in [5, 5.41) is 4.04. The lowest BCUT2D eigenvalue weighted by atomic mass is 10.0. The molecule has 0 spiro atoms. The van der Waals surface area contributed by atoms with Crippen molar-refractivity contribution in [1.29, 1.82) is 0 Å². The molecule has 0 radical (unpaired) electrons. The molecule has 1 aliphatic rings. The van der Waals surface area contributed by atoms with E-state index in [2.05, 4.69) is 15.4 Å². The van der Waals surface area contributed by atoms with Crippen molar-refractivity contribution in [2.24, 2.45) is 5.10 Å². The second-order valence-electron chi connectivity index (χ2n) is 6.20. The number of hydrazone groups is 1. The number of likely N-dealkylation sites (tertiary alicyclic amines) is 1. The zero-order valence-corrected chi connectivity index (χ0v) is 14.1. The van der Waals surface area contributed by atoms with E-state index in [1.165, 1.54) is 24.8 Å². The van der Waals surface area contributed by atoms with Crippen molar-refractivity contribution in [1.82, 2.24) is 10.3 Å². The Kier molecular flexibility index (Phi) is 5.90. The lowest BCUT2D eigenvalue weighted by Crippen LogP contribution is -2.41. The lowest BCUT2D eigenvalue weighted by molar-refractivity contribution is -0.127. The third-order valence-corrected chi connectivity index (χ3v) is 4.38. The van der Waals surface area contributed by atoms with Gasteiger partial charge in [-0.1, -0.05) is 48.9 Å². The van der Waals surface area contributed by atoms with Crippen LogP contribution >= 0.6 is 0 Å². The molecule has 25 heavy (non-hydrogen) atoms. The number of nitrogens with one attached hydrogen (secondary N) is 1. The van der Waals surface area contributed by atoms with Gasteiger partial charge in [0.25, 0.3) is 5.91 Å². The van der Waals surface area contributed by atoms with Crippen LogP contribution in [0.3, 0.4) is 0 Å². The maximum atomic E-state index is 12.9. The molecule has 0 saturated carbocycles. The molecule has 1 amide bonds. The van der Waals surface area contributed by atoms with Crippen molar-refractivity contribution < 1.29 is 9.18 Å². The molecule has 2 aromatic rings. The van der Waals surface area contributed by atoms with Crippen LogP contribution in [-0.4, -0.2) is 30.1 Å². The molecule has 1 atom stereocenters. The molecule has 2 aromatic carbocycles. The Morgan fingerprint density at radius 1 is 1.04 bits per heavy atom. The van der Waals surface area contributed by atoms with E-state index in [1.54, 1.807) is 12.1 Å². The van der Waals surface area contributed by atoms with Crippen molar-refractivity contribution >= 4 is 12.1 Å². The van der Waals surface area contributed by atoms with Gasteiger partial charge in [0.2, 0.25) is 0 Å². The van der Waals surface area contributed by atoms with E-state index in [1.807, 2.05) is 30.3 Å². The third kappa shape index (κ3) is 4.73. The topological polar surface area (TPSA) is 44.7 Å². The monoisotopic (exact) mass is 339 g/mol. The van der Waals surface area contributed by atoms with Crippen LogP contribution in [0, 0.1) is 5.82 Å². The van der Waals surface area contributed by atoms with Gasteiger partial charge in [-0.15, -0.1) is 0 Å². The highest BCUT2D eigenvalue weighted by molar-refractivity contribution is 5.85. The molecule has 0 bridgehead atoms. The summed E-state index contributed by atoms with van der Waals surface area (Å²) < 4.78 is 12.9. The van der Waals surface area contributed by atoms with Gasteiger partial charge in [0, 0.05) is 0 Å². The number of halogens is 1. The maximum Gasteiger partial charge on any atom is 0.262 e. The zero-order chi connectivity index (χ0) is 17.5. The van der Waals surface area contributed by atoms with Gasteiger partial charge >= 0.3 is 0 Å². The predicted molar refractivity (Wildman–Crippen MR) is 96.7 cm³/mol. The number of carbonyl (C=O) groups excluding carboxylic acids is 1. The number of hydrogen-bond donors (Lipinski definition) is 1. The number of carbonyl (C=O) groups is 1. The predicted octanol–water partition coefficient (Wildman–Crippen LogP) is 3.50. The first-order valence-electron chi connectivity index (χ1n) is 8.61. The van der Waals surface area contributed by atoms with E-state index in [-0.39, 0.29) is 17.8 Å². The van der Waals surface area contributed by atoms with E-state index in [0.717, 1.165) is 37.1 Å². The Morgan fingerprint density at radius 2 is 1.72 bits per heavy atom. The molecule has 1 fully saturated rings. The number of rotatable bonds is 5. The molecule has 3 rings (SSSR count). The molecule has 4 nitrogen and oxygen atoms in total. The first-order valence-corrected chi connectivity index (χ1v) is 8.61. The first-order chi connectivity index (χ1) is 12.2. The standard InChI is InChI=1S/C20H22FN3O/c21-18-11-9-16(10-12-18)15-22-23-20(25)19(17-7-3-1-4-8-17)24-13-5-2-6-14-24/h1,3-4,7-12,15,19H,2,5-6,13-14H2,(H,23,25)/b22-15-/t19-/m1/s1. The van der Waals surface area contributed by atoms with Gasteiger partial charge in [-0.3, -0.25) is 9.69 Å². The fraction of sp³-hybridized carbons (Fsp3) is 0.300. The zero-order valence-electron chi connectivity index (χ0n) is 14.1. The second kappa shape index (κ2) is 8.53. The van der Waals surface area contributed by atoms with Gasteiger partial charge in [0.05, 0.1) is 6.21 Å². The average Bonchev–Trinajstić information content (AvgIpc) is 2.65. The quantitative estimate of drug-likeness (QED) is 0.669. The highest BCUT2D eigenvalue weighted by atomic mass is 19.1. The molecule has 1 aliphatic heterocycles. The average molecular weight is 339 g/mol. The van der Waals surface area contributed by atoms with Crippen LogP contribution in [0.2, 0.25) is 0 Å². The normalized spacial score (nSPS) is 16.7. The van der Waals surface area contributed by atoms with Crippen molar-refractivity contribution in [2.45, 2.75) is 25.3 Å². The Morgan fingerprint density at radius 3 is 2.40 bits per heavy atom. The van der Waals surface area contributed by atoms with E-state index in [0.29, 0.717) is 0 Å². The molecular formula is C20H22FN3O. The van der Waals surface area contributed by atoms with E-state index in [9.17, 15) is 9.18 Å². The van der Waals surface area contributed by atoms with Gasteiger partial charge in [-0.2, -0.15) is 5.10 Å². The van der Waals surface area contributed by atoms with Crippen LogP contribution in [0.5, 0.6) is 0 Å². The summed E-state index contributed by atoms with van der Waals surface area (Å²) in [6.45, 7) is 1.82. The summed E-state index contributed by atoms with van der Waals surface area (Å²) in [6, 6.07) is 15.4. The summed E-state index contributed by atoms with van der Waals surface area (Å²) in [6.07, 6.45) is 4.95. The number of nitrogens with zero attached hydrogens (tertiary/aromatic N) is 2. The molecule has 1 N–H and O–H groups in total. The molecular weight excluding hydrogens is 317 g/mol. The molecule has 0 aliphatic carbocycles. The minimum atomic E-state index is -0.341. The smallest absolute Gasteiger partial charge is 0.262 e. The Bertz CT molecular complexity index is 709. The van der Waals surface area contributed by atoms with E-state index in [4.69, 9.17) is 0 Å². The van der Waals surface area contributed by atoms with Crippen molar-refractivity contribution in [3.05, 3.63) is 71.5 Å². The molecule has 130 valence electrons. The minimum absolute atomic E-state index is 0.147. The Hall–Kier alpha value is -2.53. The summed E-state index contributed by atoms with van der Waals surface area (Å²) in [5.74, 6) is -0.443. The van der Waals surface area contributed by atoms with Gasteiger partial charge in [0.15, 0.2) is 0 Å². The van der Waals surface area contributed by atoms with Crippen LogP contribution in [0.4, 0.5) is 4.39 Å². The number of hydrogen-bond acceptors (Lipinski definition) is 3. The van der Waals surface area contributed by atoms with Crippen LogP contribution in [0.25, 0.3) is 0 Å². The molecule has 0 unspecified atom stereocenters. The second-order valence-corrected chi connectivity index (χ2v) is 6.20. The van der Waals surface area contributed by atoms with Crippen LogP contribution in [0.15, 0.2) is 59.7 Å². The molecule has 1 saturated heterocycles. The Balaban J connectivity index is 1.71. The van der Waals surface area contributed by atoms with Crippen molar-refractivity contribution in [3.63, 3.8) is 0 Å². The highest BCUT2D eigenvalue weighted by Crippen LogP contribution is 2.24. The fourth-order valence-electron chi connectivity index (χ4n) is 3.12. The van der Waals surface area contributed by atoms with E-state index >= 15 is 0 Å².